The molecule has 20 heavy (non-hydrogen) atoms. The smallest absolute Gasteiger partial charge is 0.238 e. The molecule has 4 N–H and O–H groups in total. The van der Waals surface area contributed by atoms with Crippen LogP contribution in [0.25, 0.3) is 0 Å². The Kier molecular flexibility index (Phi) is 4.57. The van der Waals surface area contributed by atoms with Gasteiger partial charge < -0.3 is 16.4 Å². The van der Waals surface area contributed by atoms with Gasteiger partial charge in [0.25, 0.3) is 0 Å². The van der Waals surface area contributed by atoms with E-state index in [2.05, 4.69) is 10.6 Å². The molecule has 0 unspecified atom stereocenters. The first-order valence-corrected chi connectivity index (χ1v) is 6.70. The summed E-state index contributed by atoms with van der Waals surface area (Å²) in [5.74, 6) is -0.0728. The van der Waals surface area contributed by atoms with Crippen molar-refractivity contribution >= 4 is 23.2 Å². The molecule has 1 aliphatic rings. The molecule has 1 aliphatic heterocycles. The van der Waals surface area contributed by atoms with E-state index in [0.29, 0.717) is 37.4 Å². The Balaban J connectivity index is 1.94. The Morgan fingerprint density at radius 1 is 1.45 bits per heavy atom. The van der Waals surface area contributed by atoms with Crippen LogP contribution in [0.15, 0.2) is 18.2 Å². The highest BCUT2D eigenvalue weighted by molar-refractivity contribution is 5.96. The fraction of sp³-hybridized carbons (Fsp3) is 0.429. The zero-order valence-electron chi connectivity index (χ0n) is 11.6. The van der Waals surface area contributed by atoms with Crippen molar-refractivity contribution in [3.63, 3.8) is 0 Å². The molecule has 1 saturated heterocycles. The van der Waals surface area contributed by atoms with Crippen LogP contribution in [-0.4, -0.2) is 42.9 Å². The summed E-state index contributed by atoms with van der Waals surface area (Å²) in [4.78, 5) is 25.3. The van der Waals surface area contributed by atoms with E-state index in [1.54, 1.807) is 6.07 Å². The lowest BCUT2D eigenvalue weighted by Gasteiger charge is -2.19. The quantitative estimate of drug-likeness (QED) is 0.695. The second-order valence-electron chi connectivity index (χ2n) is 4.96. The third kappa shape index (κ3) is 3.71. The number of aryl methyl sites for hydroxylation is 1. The van der Waals surface area contributed by atoms with Crippen LogP contribution in [0.4, 0.5) is 11.4 Å². The predicted molar refractivity (Wildman–Crippen MR) is 78.3 cm³/mol. The van der Waals surface area contributed by atoms with Crippen LogP contribution < -0.4 is 16.4 Å². The molecule has 1 fully saturated rings. The summed E-state index contributed by atoms with van der Waals surface area (Å²) in [6, 6.07) is 5.52. The van der Waals surface area contributed by atoms with E-state index < -0.39 is 0 Å². The summed E-state index contributed by atoms with van der Waals surface area (Å²) < 4.78 is 0. The second kappa shape index (κ2) is 6.38. The van der Waals surface area contributed by atoms with Gasteiger partial charge in [0.2, 0.25) is 11.8 Å². The summed E-state index contributed by atoms with van der Waals surface area (Å²) in [6.45, 7) is 4.03. The van der Waals surface area contributed by atoms with Crippen molar-refractivity contribution in [1.29, 1.82) is 0 Å². The second-order valence-corrected chi connectivity index (χ2v) is 4.96. The molecule has 0 radical (unpaired) electrons. The van der Waals surface area contributed by atoms with Crippen LogP contribution in [0.5, 0.6) is 0 Å². The number of nitrogens with one attached hydrogen (secondary N) is 2. The minimum Gasteiger partial charge on any atom is -0.397 e. The Morgan fingerprint density at radius 2 is 2.25 bits per heavy atom. The minimum atomic E-state index is -0.111. The van der Waals surface area contributed by atoms with Crippen molar-refractivity contribution in [2.75, 3.05) is 37.2 Å². The van der Waals surface area contributed by atoms with Gasteiger partial charge in [-0.15, -0.1) is 0 Å². The summed E-state index contributed by atoms with van der Waals surface area (Å²) in [5.41, 5.74) is 8.03. The van der Waals surface area contributed by atoms with E-state index in [4.69, 9.17) is 5.73 Å². The van der Waals surface area contributed by atoms with Crippen molar-refractivity contribution in [3.05, 3.63) is 23.8 Å². The maximum atomic E-state index is 12.1. The molecule has 6 nitrogen and oxygen atoms in total. The molecule has 108 valence electrons. The monoisotopic (exact) mass is 276 g/mol. The molecule has 6 heteroatoms. The third-order valence-corrected chi connectivity index (χ3v) is 3.34. The van der Waals surface area contributed by atoms with Gasteiger partial charge in [0.05, 0.1) is 17.9 Å². The van der Waals surface area contributed by atoms with Crippen molar-refractivity contribution in [2.45, 2.75) is 13.3 Å². The molecule has 1 aromatic carbocycles. The number of nitrogen functional groups attached to an aromatic ring is 1. The summed E-state index contributed by atoms with van der Waals surface area (Å²) >= 11 is 0. The van der Waals surface area contributed by atoms with Gasteiger partial charge in [0.1, 0.15) is 0 Å². The number of hydrogen-bond acceptors (Lipinski definition) is 4. The number of carbonyl (C=O) groups is 2. The van der Waals surface area contributed by atoms with Crippen LogP contribution in [0, 0.1) is 6.92 Å². The van der Waals surface area contributed by atoms with Crippen molar-refractivity contribution in [1.82, 2.24) is 10.2 Å². The number of para-hydroxylation sites is 1. The Bertz CT molecular complexity index is 496. The lowest BCUT2D eigenvalue weighted by molar-refractivity contribution is -0.121. The van der Waals surface area contributed by atoms with Crippen LogP contribution in [0.2, 0.25) is 0 Å². The fourth-order valence-electron chi connectivity index (χ4n) is 2.21. The number of nitrogens with zero attached hydrogens (tertiary/aromatic N) is 1. The van der Waals surface area contributed by atoms with E-state index in [1.807, 2.05) is 24.0 Å². The summed E-state index contributed by atoms with van der Waals surface area (Å²) in [5, 5.41) is 5.63. The molecule has 0 aromatic heterocycles. The van der Waals surface area contributed by atoms with E-state index >= 15 is 0 Å². The first-order valence-electron chi connectivity index (χ1n) is 6.70. The van der Waals surface area contributed by atoms with Gasteiger partial charge in [-0.1, -0.05) is 12.1 Å². The number of nitrogens with two attached hydrogens (primary N) is 1. The third-order valence-electron chi connectivity index (χ3n) is 3.34. The van der Waals surface area contributed by atoms with Gasteiger partial charge >= 0.3 is 0 Å². The highest BCUT2D eigenvalue weighted by Crippen LogP contribution is 2.22. The van der Waals surface area contributed by atoms with E-state index in [9.17, 15) is 9.59 Å². The number of rotatable bonds is 3. The molecule has 1 aromatic rings. The SMILES string of the molecule is Cc1cccc(N)c1NC(=O)CN1CCNC(=O)CC1. The summed E-state index contributed by atoms with van der Waals surface area (Å²) in [7, 11) is 0. The van der Waals surface area contributed by atoms with Gasteiger partial charge in [-0.25, -0.2) is 0 Å². The zero-order chi connectivity index (χ0) is 14.5. The molecule has 0 aliphatic carbocycles. The molecule has 1 heterocycles. The average Bonchev–Trinajstić information content (AvgIpc) is 2.59. The van der Waals surface area contributed by atoms with Gasteiger partial charge in [0, 0.05) is 26.1 Å². The van der Waals surface area contributed by atoms with Crippen LogP contribution in [-0.2, 0) is 9.59 Å². The van der Waals surface area contributed by atoms with Crippen molar-refractivity contribution in [3.8, 4) is 0 Å². The molecular formula is C14H20N4O2. The van der Waals surface area contributed by atoms with Crippen LogP contribution in [0.1, 0.15) is 12.0 Å². The molecular weight excluding hydrogens is 256 g/mol. The lowest BCUT2D eigenvalue weighted by Crippen LogP contribution is -2.35. The number of hydrogen-bond donors (Lipinski definition) is 3. The Labute approximate surface area is 118 Å². The molecule has 0 atom stereocenters. The Hall–Kier alpha value is -2.08. The molecule has 0 saturated carbocycles. The van der Waals surface area contributed by atoms with Gasteiger partial charge in [-0.05, 0) is 18.6 Å². The minimum absolute atomic E-state index is 0.0380. The lowest BCUT2D eigenvalue weighted by atomic mass is 10.1. The number of carbonyl (C=O) groups excluding carboxylic acids is 2. The largest absolute Gasteiger partial charge is 0.397 e. The standard InChI is InChI=1S/C14H20N4O2/c1-10-3-2-4-11(15)14(10)17-13(20)9-18-7-5-12(19)16-6-8-18/h2-4H,5-9,15H2,1H3,(H,16,19)(H,17,20). The fourth-order valence-corrected chi connectivity index (χ4v) is 2.21. The van der Waals surface area contributed by atoms with Gasteiger partial charge in [0.15, 0.2) is 0 Å². The normalized spacial score (nSPS) is 16.4. The average molecular weight is 276 g/mol. The first kappa shape index (κ1) is 14.3. The summed E-state index contributed by atoms with van der Waals surface area (Å²) in [6.07, 6.45) is 0.430. The molecule has 2 amide bonds. The van der Waals surface area contributed by atoms with Gasteiger partial charge in [-0.3, -0.25) is 14.5 Å². The maximum Gasteiger partial charge on any atom is 0.238 e. The number of amides is 2. The van der Waals surface area contributed by atoms with E-state index in [-0.39, 0.29) is 18.4 Å². The zero-order valence-corrected chi connectivity index (χ0v) is 11.6. The number of anilines is 2. The Morgan fingerprint density at radius 3 is 3.00 bits per heavy atom. The van der Waals surface area contributed by atoms with Crippen molar-refractivity contribution in [2.24, 2.45) is 0 Å². The topological polar surface area (TPSA) is 87.5 Å². The van der Waals surface area contributed by atoms with E-state index in [0.717, 1.165) is 5.56 Å². The first-order chi connectivity index (χ1) is 9.56. The molecule has 2 rings (SSSR count). The van der Waals surface area contributed by atoms with Crippen molar-refractivity contribution < 1.29 is 9.59 Å². The highest BCUT2D eigenvalue weighted by atomic mass is 16.2. The maximum absolute atomic E-state index is 12.1. The van der Waals surface area contributed by atoms with Gasteiger partial charge in [-0.2, -0.15) is 0 Å². The van der Waals surface area contributed by atoms with E-state index in [1.165, 1.54) is 0 Å². The molecule has 0 bridgehead atoms. The molecule has 0 spiro atoms. The van der Waals surface area contributed by atoms with Crippen LogP contribution in [0.3, 0.4) is 0 Å². The highest BCUT2D eigenvalue weighted by Gasteiger charge is 2.16. The predicted octanol–water partition coefficient (Wildman–Crippen LogP) is 0.338. The van der Waals surface area contributed by atoms with Crippen LogP contribution >= 0.6 is 0 Å². The number of benzene rings is 1.